The number of hydrogen-bond donors (Lipinski definition) is 2. The molecule has 0 aliphatic rings. The van der Waals surface area contributed by atoms with Crippen LogP contribution in [0.2, 0.25) is 0 Å². The summed E-state index contributed by atoms with van der Waals surface area (Å²) in [5.74, 6) is -0.995. The Hall–Kier alpha value is -2.10. The van der Waals surface area contributed by atoms with Crippen molar-refractivity contribution in [1.82, 2.24) is 4.98 Å². The molecule has 1 aromatic heterocycles. The highest BCUT2D eigenvalue weighted by molar-refractivity contribution is 5.86. The third-order valence-electron chi connectivity index (χ3n) is 2.97. The summed E-state index contributed by atoms with van der Waals surface area (Å²) in [5, 5.41) is 9.69. The monoisotopic (exact) mass is 231 g/mol. The lowest BCUT2D eigenvalue weighted by molar-refractivity contribution is -0.136. The zero-order valence-corrected chi connectivity index (χ0v) is 9.70. The Morgan fingerprint density at radius 2 is 2.06 bits per heavy atom. The fourth-order valence-electron chi connectivity index (χ4n) is 2.03. The van der Waals surface area contributed by atoms with Crippen molar-refractivity contribution in [2.24, 2.45) is 0 Å². The number of hydrogen-bond acceptors (Lipinski definition) is 2. The van der Waals surface area contributed by atoms with Crippen LogP contribution in [0.5, 0.6) is 0 Å². The van der Waals surface area contributed by atoms with Gasteiger partial charge in [0.2, 0.25) is 0 Å². The number of para-hydroxylation sites is 1. The molecule has 0 aliphatic carbocycles. The fraction of sp³-hybridized carbons (Fsp3) is 0.231. The quantitative estimate of drug-likeness (QED) is 0.827. The van der Waals surface area contributed by atoms with Crippen molar-refractivity contribution in [3.8, 4) is 0 Å². The number of carbonyl (C=O) groups is 1. The van der Waals surface area contributed by atoms with Gasteiger partial charge in [0, 0.05) is 10.9 Å². The summed E-state index contributed by atoms with van der Waals surface area (Å²) in [6.07, 6.45) is -0.245. The molecule has 0 bridgehead atoms. The third kappa shape index (κ3) is 1.93. The SMILES string of the molecule is Cc1c(CC(=O)O)c(=O)[nH]c2c(C)cccc12. The number of aromatic nitrogens is 1. The Labute approximate surface area is 97.9 Å². The minimum Gasteiger partial charge on any atom is -0.481 e. The lowest BCUT2D eigenvalue weighted by Crippen LogP contribution is -2.18. The average molecular weight is 231 g/mol. The van der Waals surface area contributed by atoms with E-state index in [1.54, 1.807) is 6.92 Å². The Morgan fingerprint density at radius 3 is 2.71 bits per heavy atom. The van der Waals surface area contributed by atoms with Gasteiger partial charge in [-0.05, 0) is 25.0 Å². The first-order chi connectivity index (χ1) is 8.00. The van der Waals surface area contributed by atoms with Gasteiger partial charge in [-0.25, -0.2) is 0 Å². The lowest BCUT2D eigenvalue weighted by atomic mass is 10.0. The molecule has 0 amide bonds. The van der Waals surface area contributed by atoms with E-state index in [2.05, 4.69) is 4.98 Å². The predicted molar refractivity (Wildman–Crippen MR) is 65.4 cm³/mol. The van der Waals surface area contributed by atoms with Crippen LogP contribution in [0.15, 0.2) is 23.0 Å². The number of nitrogens with one attached hydrogen (secondary N) is 1. The Balaban J connectivity index is 2.81. The van der Waals surface area contributed by atoms with Gasteiger partial charge in [-0.2, -0.15) is 0 Å². The molecule has 2 aromatic rings. The second-order valence-electron chi connectivity index (χ2n) is 4.13. The molecule has 0 atom stereocenters. The lowest BCUT2D eigenvalue weighted by Gasteiger charge is -2.08. The van der Waals surface area contributed by atoms with Crippen molar-refractivity contribution in [3.63, 3.8) is 0 Å². The maximum absolute atomic E-state index is 11.8. The molecule has 88 valence electrons. The number of pyridine rings is 1. The number of fused-ring (bicyclic) bond motifs is 1. The third-order valence-corrected chi connectivity index (χ3v) is 2.97. The predicted octanol–water partition coefficient (Wildman–Crippen LogP) is 1.77. The van der Waals surface area contributed by atoms with Crippen LogP contribution in [0.3, 0.4) is 0 Å². The summed E-state index contributed by atoms with van der Waals surface area (Å²) in [5.41, 5.74) is 2.52. The van der Waals surface area contributed by atoms with Crippen molar-refractivity contribution < 1.29 is 9.90 Å². The first kappa shape index (κ1) is 11.4. The van der Waals surface area contributed by atoms with E-state index < -0.39 is 5.97 Å². The molecule has 17 heavy (non-hydrogen) atoms. The molecule has 0 aliphatic heterocycles. The van der Waals surface area contributed by atoms with Crippen molar-refractivity contribution >= 4 is 16.9 Å². The highest BCUT2D eigenvalue weighted by Gasteiger charge is 2.12. The summed E-state index contributed by atoms with van der Waals surface area (Å²) < 4.78 is 0. The standard InChI is InChI=1S/C13H13NO3/c1-7-4-3-5-9-8(2)10(6-11(15)16)13(17)14-12(7)9/h3-5H,6H2,1-2H3,(H,14,17)(H,15,16). The number of carboxylic acid groups (broad SMARTS) is 1. The minimum absolute atomic E-state index is 0.245. The van der Waals surface area contributed by atoms with E-state index in [-0.39, 0.29) is 12.0 Å². The number of aromatic amines is 1. The van der Waals surface area contributed by atoms with Crippen LogP contribution in [-0.4, -0.2) is 16.1 Å². The van der Waals surface area contributed by atoms with E-state index in [9.17, 15) is 9.59 Å². The second-order valence-corrected chi connectivity index (χ2v) is 4.13. The smallest absolute Gasteiger partial charge is 0.308 e. The van der Waals surface area contributed by atoms with Crippen molar-refractivity contribution in [3.05, 3.63) is 45.2 Å². The normalized spacial score (nSPS) is 10.7. The molecule has 0 saturated carbocycles. The maximum atomic E-state index is 11.8. The molecule has 4 nitrogen and oxygen atoms in total. The highest BCUT2D eigenvalue weighted by atomic mass is 16.4. The molecular weight excluding hydrogens is 218 g/mol. The van der Waals surface area contributed by atoms with E-state index in [1.165, 1.54) is 0 Å². The number of rotatable bonds is 2. The van der Waals surface area contributed by atoms with Crippen LogP contribution in [0.4, 0.5) is 0 Å². The van der Waals surface area contributed by atoms with Gasteiger partial charge < -0.3 is 10.1 Å². The molecule has 0 spiro atoms. The van der Waals surface area contributed by atoms with Gasteiger partial charge >= 0.3 is 5.97 Å². The summed E-state index contributed by atoms with van der Waals surface area (Å²) in [4.78, 5) is 25.3. The van der Waals surface area contributed by atoms with Crippen LogP contribution in [0.1, 0.15) is 16.7 Å². The Bertz CT molecular complexity index is 655. The van der Waals surface area contributed by atoms with Gasteiger partial charge in [0.25, 0.3) is 5.56 Å². The van der Waals surface area contributed by atoms with Crippen LogP contribution in [0, 0.1) is 13.8 Å². The number of aliphatic carboxylic acids is 1. The van der Waals surface area contributed by atoms with E-state index in [4.69, 9.17) is 5.11 Å². The van der Waals surface area contributed by atoms with Gasteiger partial charge in [-0.1, -0.05) is 18.2 Å². The number of aryl methyl sites for hydroxylation is 2. The first-order valence-corrected chi connectivity index (χ1v) is 5.33. The van der Waals surface area contributed by atoms with Gasteiger partial charge in [0.05, 0.1) is 11.9 Å². The van der Waals surface area contributed by atoms with E-state index in [1.807, 2.05) is 25.1 Å². The molecule has 0 unspecified atom stereocenters. The maximum Gasteiger partial charge on any atom is 0.308 e. The number of carboxylic acids is 1. The van der Waals surface area contributed by atoms with Crippen molar-refractivity contribution in [2.75, 3.05) is 0 Å². The van der Waals surface area contributed by atoms with Crippen LogP contribution in [0.25, 0.3) is 10.9 Å². The van der Waals surface area contributed by atoms with Crippen LogP contribution < -0.4 is 5.56 Å². The fourth-order valence-corrected chi connectivity index (χ4v) is 2.03. The van der Waals surface area contributed by atoms with Gasteiger partial charge in [-0.15, -0.1) is 0 Å². The van der Waals surface area contributed by atoms with Gasteiger partial charge in [-0.3, -0.25) is 9.59 Å². The summed E-state index contributed by atoms with van der Waals surface area (Å²) in [6.45, 7) is 3.70. The van der Waals surface area contributed by atoms with Crippen LogP contribution in [-0.2, 0) is 11.2 Å². The number of benzene rings is 1. The molecular formula is C13H13NO3. The van der Waals surface area contributed by atoms with E-state index in [0.717, 1.165) is 22.0 Å². The zero-order valence-electron chi connectivity index (χ0n) is 9.70. The van der Waals surface area contributed by atoms with E-state index in [0.29, 0.717) is 5.56 Å². The molecule has 1 heterocycles. The second kappa shape index (κ2) is 4.05. The summed E-state index contributed by atoms with van der Waals surface area (Å²) in [6, 6.07) is 5.70. The molecule has 4 heteroatoms. The largest absolute Gasteiger partial charge is 0.481 e. The number of H-pyrrole nitrogens is 1. The van der Waals surface area contributed by atoms with Crippen molar-refractivity contribution in [2.45, 2.75) is 20.3 Å². The van der Waals surface area contributed by atoms with Gasteiger partial charge in [0.1, 0.15) is 0 Å². The summed E-state index contributed by atoms with van der Waals surface area (Å²) in [7, 11) is 0. The molecule has 2 rings (SSSR count). The Morgan fingerprint density at radius 1 is 1.35 bits per heavy atom. The average Bonchev–Trinajstić information content (AvgIpc) is 2.26. The molecule has 0 saturated heterocycles. The zero-order chi connectivity index (χ0) is 12.6. The highest BCUT2D eigenvalue weighted by Crippen LogP contribution is 2.20. The first-order valence-electron chi connectivity index (χ1n) is 5.33. The van der Waals surface area contributed by atoms with Gasteiger partial charge in [0.15, 0.2) is 0 Å². The molecule has 2 N–H and O–H groups in total. The van der Waals surface area contributed by atoms with Crippen LogP contribution >= 0.6 is 0 Å². The molecule has 0 fully saturated rings. The topological polar surface area (TPSA) is 70.2 Å². The summed E-state index contributed by atoms with van der Waals surface area (Å²) >= 11 is 0. The Kier molecular flexibility index (Phi) is 2.71. The van der Waals surface area contributed by atoms with Crippen molar-refractivity contribution in [1.29, 1.82) is 0 Å². The van der Waals surface area contributed by atoms with E-state index >= 15 is 0 Å². The minimum atomic E-state index is -0.995. The molecule has 0 radical (unpaired) electrons. The molecule has 1 aromatic carbocycles.